The average Bonchev–Trinajstić information content (AvgIpc) is 3.43. The molecule has 1 amide bonds. The van der Waals surface area contributed by atoms with Gasteiger partial charge in [0.2, 0.25) is 0 Å². The summed E-state index contributed by atoms with van der Waals surface area (Å²) < 4.78 is 7.53. The summed E-state index contributed by atoms with van der Waals surface area (Å²) in [6.45, 7) is 6.97. The van der Waals surface area contributed by atoms with Crippen molar-refractivity contribution in [3.05, 3.63) is 67.4 Å². The zero-order valence-corrected chi connectivity index (χ0v) is 22.3. The van der Waals surface area contributed by atoms with Crippen LogP contribution >= 0.6 is 0 Å². The Bertz CT molecular complexity index is 1400. The third kappa shape index (κ3) is 5.82. The quantitative estimate of drug-likeness (QED) is 0.368. The van der Waals surface area contributed by atoms with E-state index in [1.807, 2.05) is 81.4 Å². The molecule has 0 spiro atoms. The van der Waals surface area contributed by atoms with Gasteiger partial charge in [0.1, 0.15) is 11.4 Å². The van der Waals surface area contributed by atoms with Crippen molar-refractivity contribution in [1.82, 2.24) is 29.6 Å². The van der Waals surface area contributed by atoms with E-state index in [0.29, 0.717) is 13.1 Å². The molecule has 1 saturated heterocycles. The van der Waals surface area contributed by atoms with Crippen LogP contribution < -0.4 is 5.32 Å². The predicted molar refractivity (Wildman–Crippen MR) is 148 cm³/mol. The molecule has 0 aromatic carbocycles. The van der Waals surface area contributed by atoms with Gasteiger partial charge in [0.25, 0.3) is 0 Å². The smallest absolute Gasteiger partial charge is 0.410 e. The van der Waals surface area contributed by atoms with Gasteiger partial charge in [0.05, 0.1) is 23.6 Å². The van der Waals surface area contributed by atoms with Crippen molar-refractivity contribution in [1.29, 1.82) is 0 Å². The first-order valence-electron chi connectivity index (χ1n) is 12.9. The lowest BCUT2D eigenvalue weighted by Gasteiger charge is -2.33. The van der Waals surface area contributed by atoms with Crippen LogP contribution in [0, 0.1) is 0 Å². The van der Waals surface area contributed by atoms with E-state index >= 15 is 0 Å². The van der Waals surface area contributed by atoms with Crippen molar-refractivity contribution in [2.75, 3.05) is 25.5 Å². The van der Waals surface area contributed by atoms with E-state index in [2.05, 4.69) is 37.6 Å². The fraction of sp³-hybridized carbons (Fsp3) is 0.345. The number of ether oxygens (including phenoxy) is 1. The Balaban J connectivity index is 1.33. The van der Waals surface area contributed by atoms with Crippen LogP contribution in [0.15, 0.2) is 67.4 Å². The van der Waals surface area contributed by atoms with Crippen LogP contribution in [0.5, 0.6) is 0 Å². The molecule has 5 rings (SSSR count). The summed E-state index contributed by atoms with van der Waals surface area (Å²) >= 11 is 0. The Kier molecular flexibility index (Phi) is 7.09. The first-order valence-corrected chi connectivity index (χ1v) is 12.9. The van der Waals surface area contributed by atoms with E-state index in [1.165, 1.54) is 0 Å². The monoisotopic (exact) mass is 511 g/mol. The molecule has 0 aliphatic carbocycles. The molecule has 4 aromatic rings. The molecule has 9 heteroatoms. The summed E-state index contributed by atoms with van der Waals surface area (Å²) in [5.41, 5.74) is 5.10. The predicted octanol–water partition coefficient (Wildman–Crippen LogP) is 5.68. The van der Waals surface area contributed by atoms with Crippen molar-refractivity contribution < 1.29 is 9.53 Å². The van der Waals surface area contributed by atoms with Crippen LogP contribution in [-0.2, 0) is 4.74 Å². The fourth-order valence-corrected chi connectivity index (χ4v) is 4.55. The molecule has 1 N–H and O–H groups in total. The van der Waals surface area contributed by atoms with Gasteiger partial charge in [-0.15, -0.1) is 0 Å². The number of pyridine rings is 3. The molecular weight excluding hydrogens is 478 g/mol. The number of likely N-dealkylation sites (tertiary alicyclic amines) is 1. The maximum atomic E-state index is 12.4. The van der Waals surface area contributed by atoms with Gasteiger partial charge in [0.15, 0.2) is 0 Å². The number of anilines is 1. The first-order chi connectivity index (χ1) is 18.3. The van der Waals surface area contributed by atoms with Crippen LogP contribution in [0.3, 0.4) is 0 Å². The topological polar surface area (TPSA) is 98.1 Å². The van der Waals surface area contributed by atoms with E-state index in [4.69, 9.17) is 4.74 Å². The first kappa shape index (κ1) is 25.4. The minimum absolute atomic E-state index is 0.234. The second kappa shape index (κ2) is 10.6. The number of amides is 1. The van der Waals surface area contributed by atoms with Crippen LogP contribution in [0.25, 0.3) is 33.6 Å². The van der Waals surface area contributed by atoms with Gasteiger partial charge < -0.3 is 15.0 Å². The zero-order chi connectivity index (χ0) is 26.7. The normalized spacial score (nSPS) is 14.4. The van der Waals surface area contributed by atoms with E-state index < -0.39 is 5.60 Å². The van der Waals surface area contributed by atoms with Crippen molar-refractivity contribution in [3.8, 4) is 33.6 Å². The number of nitrogens with zero attached hydrogens (tertiary/aromatic N) is 6. The zero-order valence-electron chi connectivity index (χ0n) is 22.3. The Morgan fingerprint density at radius 1 is 0.974 bits per heavy atom. The number of nitrogens with one attached hydrogen (secondary N) is 1. The lowest BCUT2D eigenvalue weighted by molar-refractivity contribution is 0.0185. The van der Waals surface area contributed by atoms with E-state index in [-0.39, 0.29) is 12.1 Å². The number of rotatable bonds is 5. The highest BCUT2D eigenvalue weighted by molar-refractivity contribution is 5.75. The van der Waals surface area contributed by atoms with Crippen LogP contribution in [0.1, 0.15) is 39.7 Å². The van der Waals surface area contributed by atoms with Gasteiger partial charge in [-0.25, -0.2) is 9.78 Å². The van der Waals surface area contributed by atoms with Crippen LogP contribution in [-0.4, -0.2) is 61.5 Å². The molecule has 196 valence electrons. The molecule has 0 radical (unpaired) electrons. The van der Waals surface area contributed by atoms with Gasteiger partial charge in [0, 0.05) is 61.6 Å². The SMILES string of the molecule is CNc1cc(-c2cncc(-c3cnn(C4CCN(C(=O)OC(C)(C)C)CC4)c3)c2)cc(-c2ccccn2)n1. The number of hydrogen-bond donors (Lipinski definition) is 1. The third-order valence-corrected chi connectivity index (χ3v) is 6.51. The lowest BCUT2D eigenvalue weighted by atomic mass is 10.0. The number of aromatic nitrogens is 5. The number of carbonyl (C=O) groups excluding carboxylic acids is 1. The average molecular weight is 512 g/mol. The third-order valence-electron chi connectivity index (χ3n) is 6.51. The summed E-state index contributed by atoms with van der Waals surface area (Å²) in [5, 5.41) is 7.80. The highest BCUT2D eigenvalue weighted by Gasteiger charge is 2.28. The Labute approximate surface area is 222 Å². The number of hydrogen-bond acceptors (Lipinski definition) is 7. The molecule has 1 fully saturated rings. The summed E-state index contributed by atoms with van der Waals surface area (Å²) in [6.07, 6.45) is 10.9. The molecular formula is C29H33N7O2. The van der Waals surface area contributed by atoms with Crippen LogP contribution in [0.2, 0.25) is 0 Å². The highest BCUT2D eigenvalue weighted by atomic mass is 16.6. The minimum atomic E-state index is -0.488. The van der Waals surface area contributed by atoms with Gasteiger partial charge in [-0.3, -0.25) is 14.6 Å². The summed E-state index contributed by atoms with van der Waals surface area (Å²) in [4.78, 5) is 27.8. The Hall–Kier alpha value is -4.27. The van der Waals surface area contributed by atoms with E-state index in [9.17, 15) is 4.79 Å². The molecule has 9 nitrogen and oxygen atoms in total. The molecule has 0 atom stereocenters. The van der Waals surface area contributed by atoms with Crippen molar-refractivity contribution >= 4 is 11.9 Å². The minimum Gasteiger partial charge on any atom is -0.444 e. The molecule has 38 heavy (non-hydrogen) atoms. The maximum absolute atomic E-state index is 12.4. The Morgan fingerprint density at radius 3 is 2.42 bits per heavy atom. The van der Waals surface area contributed by atoms with Gasteiger partial charge in [-0.1, -0.05) is 6.07 Å². The molecule has 4 aromatic heterocycles. The second-order valence-electron chi connectivity index (χ2n) is 10.5. The molecule has 1 aliphatic rings. The summed E-state index contributed by atoms with van der Waals surface area (Å²) in [7, 11) is 1.86. The standard InChI is InChI=1S/C29H33N7O2/c1-29(2,3)38-28(37)35-11-8-24(9-12-35)36-19-23(18-33-36)22-13-21(16-31-17-22)20-14-26(34-27(15-20)30-4)25-7-5-6-10-32-25/h5-7,10,13-19,24H,8-9,11-12H2,1-4H3,(H,30,34). The van der Waals surface area contributed by atoms with Gasteiger partial charge >= 0.3 is 6.09 Å². The molecule has 0 bridgehead atoms. The Morgan fingerprint density at radius 2 is 1.74 bits per heavy atom. The summed E-state index contributed by atoms with van der Waals surface area (Å²) in [6, 6.07) is 12.2. The highest BCUT2D eigenvalue weighted by Crippen LogP contribution is 2.31. The van der Waals surface area contributed by atoms with Crippen molar-refractivity contribution in [2.45, 2.75) is 45.3 Å². The van der Waals surface area contributed by atoms with Gasteiger partial charge in [-0.2, -0.15) is 5.10 Å². The molecule has 5 heterocycles. The van der Waals surface area contributed by atoms with Crippen molar-refractivity contribution in [3.63, 3.8) is 0 Å². The summed E-state index contributed by atoms with van der Waals surface area (Å²) in [5.74, 6) is 0.763. The fourth-order valence-electron chi connectivity index (χ4n) is 4.55. The van der Waals surface area contributed by atoms with Crippen LogP contribution in [0.4, 0.5) is 10.6 Å². The van der Waals surface area contributed by atoms with Gasteiger partial charge in [-0.05, 0) is 69.5 Å². The van der Waals surface area contributed by atoms with Crippen molar-refractivity contribution in [2.24, 2.45) is 0 Å². The second-order valence-corrected chi connectivity index (χ2v) is 10.5. The number of piperidine rings is 1. The molecule has 0 saturated carbocycles. The lowest BCUT2D eigenvalue weighted by Crippen LogP contribution is -2.42. The van der Waals surface area contributed by atoms with E-state index in [0.717, 1.165) is 52.3 Å². The maximum Gasteiger partial charge on any atom is 0.410 e. The number of carbonyl (C=O) groups is 1. The van der Waals surface area contributed by atoms with E-state index in [1.54, 1.807) is 11.1 Å². The molecule has 0 unspecified atom stereocenters. The molecule has 1 aliphatic heterocycles. The largest absolute Gasteiger partial charge is 0.444 e.